The standard InChI is InChI=1S/C15H22ClN3O2.ClH/c1-4-17-10(2)9-18-14(20)11(3)19-15(21)12-5-7-13(16)8-6-12;/h5-8,10-11,17H,4,9H2,1-3H3,(H,18,20)(H,19,21);1H/t10-,11?;/m1./s1. The fourth-order valence-corrected chi connectivity index (χ4v) is 1.90. The molecule has 22 heavy (non-hydrogen) atoms. The van der Waals surface area contributed by atoms with Gasteiger partial charge in [-0.1, -0.05) is 18.5 Å². The summed E-state index contributed by atoms with van der Waals surface area (Å²) in [5.41, 5.74) is 0.472. The summed E-state index contributed by atoms with van der Waals surface area (Å²) < 4.78 is 0. The Hall–Kier alpha value is -1.30. The van der Waals surface area contributed by atoms with Crippen LogP contribution in [0, 0.1) is 0 Å². The fourth-order valence-electron chi connectivity index (χ4n) is 1.77. The van der Waals surface area contributed by atoms with Gasteiger partial charge in [0.1, 0.15) is 6.04 Å². The zero-order chi connectivity index (χ0) is 15.8. The molecule has 0 saturated carbocycles. The van der Waals surface area contributed by atoms with Crippen molar-refractivity contribution in [2.75, 3.05) is 13.1 Å². The van der Waals surface area contributed by atoms with Gasteiger partial charge in [-0.2, -0.15) is 0 Å². The lowest BCUT2D eigenvalue weighted by Gasteiger charge is -2.17. The number of rotatable bonds is 7. The number of amides is 2. The van der Waals surface area contributed by atoms with Crippen LogP contribution in [0.5, 0.6) is 0 Å². The quantitative estimate of drug-likeness (QED) is 0.706. The second-order valence-corrected chi connectivity index (χ2v) is 5.34. The molecule has 124 valence electrons. The topological polar surface area (TPSA) is 70.2 Å². The molecule has 0 saturated heterocycles. The molecule has 2 atom stereocenters. The van der Waals surface area contributed by atoms with Crippen LogP contribution >= 0.6 is 24.0 Å². The molecule has 0 aliphatic rings. The third-order valence-electron chi connectivity index (χ3n) is 2.98. The maximum Gasteiger partial charge on any atom is 0.251 e. The SMILES string of the molecule is CCN[C@H](C)CNC(=O)C(C)NC(=O)c1ccc(Cl)cc1.Cl. The smallest absolute Gasteiger partial charge is 0.251 e. The van der Waals surface area contributed by atoms with Crippen molar-refractivity contribution >= 4 is 35.8 Å². The molecule has 1 aromatic carbocycles. The van der Waals surface area contributed by atoms with Gasteiger partial charge in [0.25, 0.3) is 5.91 Å². The van der Waals surface area contributed by atoms with E-state index >= 15 is 0 Å². The minimum atomic E-state index is -0.595. The summed E-state index contributed by atoms with van der Waals surface area (Å²) in [4.78, 5) is 23.9. The number of nitrogens with one attached hydrogen (secondary N) is 3. The van der Waals surface area contributed by atoms with Crippen LogP contribution in [0.3, 0.4) is 0 Å². The van der Waals surface area contributed by atoms with E-state index in [1.54, 1.807) is 31.2 Å². The molecule has 1 aromatic rings. The molecule has 1 rings (SSSR count). The van der Waals surface area contributed by atoms with Gasteiger partial charge in [-0.05, 0) is 44.7 Å². The largest absolute Gasteiger partial charge is 0.353 e. The van der Waals surface area contributed by atoms with Crippen molar-refractivity contribution in [1.29, 1.82) is 0 Å². The van der Waals surface area contributed by atoms with E-state index in [1.807, 2.05) is 13.8 Å². The minimum absolute atomic E-state index is 0. The number of carbonyl (C=O) groups excluding carboxylic acids is 2. The Bertz CT molecular complexity index is 480. The Kier molecular flexibility index (Phi) is 9.81. The van der Waals surface area contributed by atoms with Crippen molar-refractivity contribution in [3.63, 3.8) is 0 Å². The Morgan fingerprint density at radius 2 is 1.77 bits per heavy atom. The van der Waals surface area contributed by atoms with Crippen molar-refractivity contribution in [3.05, 3.63) is 34.9 Å². The van der Waals surface area contributed by atoms with Crippen molar-refractivity contribution in [3.8, 4) is 0 Å². The molecular weight excluding hydrogens is 325 g/mol. The number of hydrogen-bond acceptors (Lipinski definition) is 3. The number of halogens is 2. The van der Waals surface area contributed by atoms with Crippen molar-refractivity contribution in [1.82, 2.24) is 16.0 Å². The molecule has 0 spiro atoms. The van der Waals surface area contributed by atoms with Gasteiger partial charge in [0.2, 0.25) is 5.91 Å². The zero-order valence-electron chi connectivity index (χ0n) is 13.0. The number of hydrogen-bond donors (Lipinski definition) is 3. The predicted molar refractivity (Wildman–Crippen MR) is 91.8 cm³/mol. The van der Waals surface area contributed by atoms with E-state index in [0.29, 0.717) is 17.1 Å². The van der Waals surface area contributed by atoms with Gasteiger partial charge >= 0.3 is 0 Å². The van der Waals surface area contributed by atoms with E-state index in [1.165, 1.54) is 0 Å². The van der Waals surface area contributed by atoms with Crippen LogP contribution in [-0.2, 0) is 4.79 Å². The van der Waals surface area contributed by atoms with Crippen molar-refractivity contribution in [2.24, 2.45) is 0 Å². The van der Waals surface area contributed by atoms with Crippen molar-refractivity contribution in [2.45, 2.75) is 32.9 Å². The first-order chi connectivity index (χ1) is 9.93. The normalized spacial score (nSPS) is 12.7. The van der Waals surface area contributed by atoms with Crippen LogP contribution in [0.4, 0.5) is 0 Å². The van der Waals surface area contributed by atoms with E-state index < -0.39 is 6.04 Å². The Morgan fingerprint density at radius 3 is 2.32 bits per heavy atom. The molecule has 0 bridgehead atoms. The molecule has 5 nitrogen and oxygen atoms in total. The van der Waals surface area contributed by atoms with Crippen LogP contribution in [0.25, 0.3) is 0 Å². The van der Waals surface area contributed by atoms with Crippen LogP contribution in [-0.4, -0.2) is 37.0 Å². The van der Waals surface area contributed by atoms with Crippen LogP contribution in [0.1, 0.15) is 31.1 Å². The van der Waals surface area contributed by atoms with E-state index in [0.717, 1.165) is 6.54 Å². The third kappa shape index (κ3) is 7.11. The summed E-state index contributed by atoms with van der Waals surface area (Å²) in [7, 11) is 0. The molecule has 1 unspecified atom stereocenters. The molecule has 7 heteroatoms. The summed E-state index contributed by atoms with van der Waals surface area (Å²) in [6, 6.07) is 6.11. The monoisotopic (exact) mass is 347 g/mol. The predicted octanol–water partition coefficient (Wildman–Crippen LogP) is 1.99. The Labute approximate surface area is 142 Å². The summed E-state index contributed by atoms with van der Waals surface area (Å²) >= 11 is 5.77. The maximum atomic E-state index is 12.0. The van der Waals surface area contributed by atoms with Gasteiger partial charge in [0.05, 0.1) is 0 Å². The van der Waals surface area contributed by atoms with Gasteiger partial charge < -0.3 is 16.0 Å². The molecular formula is C15H23Cl2N3O2. The summed E-state index contributed by atoms with van der Waals surface area (Å²) in [5, 5.41) is 9.21. The Morgan fingerprint density at radius 1 is 1.18 bits per heavy atom. The molecule has 0 fully saturated rings. The van der Waals surface area contributed by atoms with Crippen LogP contribution in [0.2, 0.25) is 5.02 Å². The molecule has 0 aliphatic heterocycles. The first kappa shape index (κ1) is 20.7. The highest BCUT2D eigenvalue weighted by Crippen LogP contribution is 2.09. The third-order valence-corrected chi connectivity index (χ3v) is 3.23. The highest BCUT2D eigenvalue weighted by Gasteiger charge is 2.16. The fraction of sp³-hybridized carbons (Fsp3) is 0.467. The van der Waals surface area contributed by atoms with Gasteiger partial charge in [0, 0.05) is 23.2 Å². The molecule has 3 N–H and O–H groups in total. The number of likely N-dealkylation sites (N-methyl/N-ethyl adjacent to an activating group) is 1. The van der Waals surface area contributed by atoms with Crippen LogP contribution in [0.15, 0.2) is 24.3 Å². The second kappa shape index (κ2) is 10.4. The minimum Gasteiger partial charge on any atom is -0.353 e. The van der Waals surface area contributed by atoms with Gasteiger partial charge in [-0.3, -0.25) is 9.59 Å². The lowest BCUT2D eigenvalue weighted by atomic mass is 10.2. The van der Waals surface area contributed by atoms with E-state index in [2.05, 4.69) is 16.0 Å². The molecule has 0 radical (unpaired) electrons. The van der Waals surface area contributed by atoms with Gasteiger partial charge in [-0.15, -0.1) is 12.4 Å². The summed E-state index contributed by atoms with van der Waals surface area (Å²) in [6.07, 6.45) is 0. The second-order valence-electron chi connectivity index (χ2n) is 4.91. The van der Waals surface area contributed by atoms with Crippen LogP contribution < -0.4 is 16.0 Å². The highest BCUT2D eigenvalue weighted by molar-refractivity contribution is 6.30. The maximum absolute atomic E-state index is 12.0. The highest BCUT2D eigenvalue weighted by atomic mass is 35.5. The number of benzene rings is 1. The average molecular weight is 348 g/mol. The lowest BCUT2D eigenvalue weighted by Crippen LogP contribution is -2.48. The average Bonchev–Trinajstić information content (AvgIpc) is 2.45. The lowest BCUT2D eigenvalue weighted by molar-refractivity contribution is -0.122. The molecule has 0 aliphatic carbocycles. The zero-order valence-corrected chi connectivity index (χ0v) is 14.6. The van der Waals surface area contributed by atoms with Gasteiger partial charge in [0.15, 0.2) is 0 Å². The van der Waals surface area contributed by atoms with Crippen molar-refractivity contribution < 1.29 is 9.59 Å². The van der Waals surface area contributed by atoms with E-state index in [-0.39, 0.29) is 30.3 Å². The Balaban J connectivity index is 0.00000441. The summed E-state index contributed by atoms with van der Waals surface area (Å²) in [6.45, 7) is 7.02. The van der Waals surface area contributed by atoms with E-state index in [9.17, 15) is 9.59 Å². The van der Waals surface area contributed by atoms with E-state index in [4.69, 9.17) is 11.6 Å². The van der Waals surface area contributed by atoms with Gasteiger partial charge in [-0.25, -0.2) is 0 Å². The molecule has 0 heterocycles. The number of carbonyl (C=O) groups is 2. The first-order valence-corrected chi connectivity index (χ1v) is 7.39. The molecule has 0 aromatic heterocycles. The first-order valence-electron chi connectivity index (χ1n) is 7.01. The summed E-state index contributed by atoms with van der Waals surface area (Å²) in [5.74, 6) is -0.504. The molecule has 2 amide bonds.